The Labute approximate surface area is 208 Å². The van der Waals surface area contributed by atoms with E-state index in [1.54, 1.807) is 42.2 Å². The minimum atomic E-state index is -0.346. The number of amides is 1. The largest absolute Gasteiger partial charge is 0.466 e. The first-order valence-corrected chi connectivity index (χ1v) is 12.0. The number of ether oxygens (including phenoxy) is 1. The minimum Gasteiger partial charge on any atom is -0.466 e. The van der Waals surface area contributed by atoms with Gasteiger partial charge >= 0.3 is 5.97 Å². The van der Waals surface area contributed by atoms with E-state index in [0.29, 0.717) is 44.0 Å². The zero-order valence-electron chi connectivity index (χ0n) is 20.2. The van der Waals surface area contributed by atoms with Crippen LogP contribution in [0, 0.1) is 17.6 Å². The number of oxazole rings is 1. The first kappa shape index (κ1) is 25.5. The summed E-state index contributed by atoms with van der Waals surface area (Å²) in [5.74, 6) is -1.31. The molecule has 0 saturated carbocycles. The molecular formula is C27H29F2N3O4. The van der Waals surface area contributed by atoms with Crippen molar-refractivity contribution >= 4 is 11.9 Å². The third-order valence-electron chi connectivity index (χ3n) is 6.13. The summed E-state index contributed by atoms with van der Waals surface area (Å²) in [4.78, 5) is 33.0. The van der Waals surface area contributed by atoms with E-state index in [1.807, 2.05) is 4.90 Å². The molecule has 1 aliphatic rings. The number of nitrogens with zero attached hydrogens (tertiary/aromatic N) is 3. The number of piperidine rings is 1. The highest BCUT2D eigenvalue weighted by molar-refractivity contribution is 5.92. The van der Waals surface area contributed by atoms with Gasteiger partial charge in [0.2, 0.25) is 5.89 Å². The molecule has 0 radical (unpaired) electrons. The Morgan fingerprint density at radius 3 is 2.64 bits per heavy atom. The Kier molecular flexibility index (Phi) is 8.43. The molecule has 0 spiro atoms. The van der Waals surface area contributed by atoms with Gasteiger partial charge in [0.15, 0.2) is 5.69 Å². The molecule has 1 amide bonds. The molecule has 0 bridgehead atoms. The summed E-state index contributed by atoms with van der Waals surface area (Å²) >= 11 is 0. The van der Waals surface area contributed by atoms with Gasteiger partial charge in [-0.25, -0.2) is 13.8 Å². The van der Waals surface area contributed by atoms with Crippen molar-refractivity contribution in [2.75, 3.05) is 19.7 Å². The van der Waals surface area contributed by atoms with Gasteiger partial charge in [-0.15, -0.1) is 0 Å². The number of hydrogen-bond donors (Lipinski definition) is 0. The maximum absolute atomic E-state index is 14.3. The predicted octanol–water partition coefficient (Wildman–Crippen LogP) is 4.57. The SMILES string of the molecule is CCOC(=O)[C@H]1CCCN(C(=O)c2coc(CN(Cc3ccc(F)cc3)Cc3ccccc3F)n2)C1. The van der Waals surface area contributed by atoms with Crippen LogP contribution in [0.25, 0.3) is 0 Å². The second-order valence-corrected chi connectivity index (χ2v) is 8.83. The molecule has 36 heavy (non-hydrogen) atoms. The summed E-state index contributed by atoms with van der Waals surface area (Å²) < 4.78 is 38.4. The van der Waals surface area contributed by atoms with E-state index >= 15 is 0 Å². The van der Waals surface area contributed by atoms with Gasteiger partial charge in [0.05, 0.1) is 19.1 Å². The maximum atomic E-state index is 14.3. The van der Waals surface area contributed by atoms with Crippen LogP contribution in [0.5, 0.6) is 0 Å². The first-order valence-electron chi connectivity index (χ1n) is 12.0. The van der Waals surface area contributed by atoms with Gasteiger partial charge in [0.1, 0.15) is 17.9 Å². The van der Waals surface area contributed by atoms with Gasteiger partial charge in [-0.1, -0.05) is 30.3 Å². The molecule has 2 heterocycles. The fourth-order valence-electron chi connectivity index (χ4n) is 4.33. The molecule has 1 saturated heterocycles. The Bertz CT molecular complexity index is 1180. The van der Waals surface area contributed by atoms with Gasteiger partial charge < -0.3 is 14.1 Å². The maximum Gasteiger partial charge on any atom is 0.310 e. The monoisotopic (exact) mass is 497 g/mol. The van der Waals surface area contributed by atoms with E-state index in [4.69, 9.17) is 9.15 Å². The summed E-state index contributed by atoms with van der Waals surface area (Å²) in [7, 11) is 0. The van der Waals surface area contributed by atoms with Crippen molar-refractivity contribution in [3.05, 3.63) is 89.1 Å². The highest BCUT2D eigenvalue weighted by Gasteiger charge is 2.31. The number of carbonyl (C=O) groups excluding carboxylic acids is 2. The highest BCUT2D eigenvalue weighted by Crippen LogP contribution is 2.21. The van der Waals surface area contributed by atoms with E-state index in [1.165, 1.54) is 24.5 Å². The van der Waals surface area contributed by atoms with Crippen molar-refractivity contribution in [3.63, 3.8) is 0 Å². The van der Waals surface area contributed by atoms with E-state index in [-0.39, 0.29) is 54.8 Å². The number of aromatic nitrogens is 1. The Hall–Kier alpha value is -3.59. The second-order valence-electron chi connectivity index (χ2n) is 8.83. The lowest BCUT2D eigenvalue weighted by Crippen LogP contribution is -2.43. The fourth-order valence-corrected chi connectivity index (χ4v) is 4.33. The van der Waals surface area contributed by atoms with Gasteiger partial charge in [-0.3, -0.25) is 14.5 Å². The average molecular weight is 498 g/mol. The molecule has 1 aromatic heterocycles. The average Bonchev–Trinajstić information content (AvgIpc) is 3.35. The Morgan fingerprint density at radius 2 is 1.89 bits per heavy atom. The summed E-state index contributed by atoms with van der Waals surface area (Å²) in [6.07, 6.45) is 2.69. The van der Waals surface area contributed by atoms with Crippen molar-refractivity contribution in [3.8, 4) is 0 Å². The van der Waals surface area contributed by atoms with E-state index in [0.717, 1.165) is 5.56 Å². The summed E-state index contributed by atoms with van der Waals surface area (Å²) in [5, 5.41) is 0. The molecule has 7 nitrogen and oxygen atoms in total. The topological polar surface area (TPSA) is 75.9 Å². The normalized spacial score (nSPS) is 15.8. The van der Waals surface area contributed by atoms with E-state index in [9.17, 15) is 18.4 Å². The third kappa shape index (κ3) is 6.54. The van der Waals surface area contributed by atoms with Crippen LogP contribution in [-0.4, -0.2) is 46.4 Å². The molecule has 4 rings (SSSR count). The molecule has 1 atom stereocenters. The molecule has 0 N–H and O–H groups in total. The number of carbonyl (C=O) groups is 2. The lowest BCUT2D eigenvalue weighted by molar-refractivity contribution is -0.149. The van der Waals surface area contributed by atoms with Gasteiger partial charge in [-0.05, 0) is 43.5 Å². The lowest BCUT2D eigenvalue weighted by Gasteiger charge is -2.30. The van der Waals surface area contributed by atoms with Crippen LogP contribution in [0.15, 0.2) is 59.2 Å². The van der Waals surface area contributed by atoms with Crippen LogP contribution >= 0.6 is 0 Å². The van der Waals surface area contributed by atoms with Crippen LogP contribution in [0.4, 0.5) is 8.78 Å². The quantitative estimate of drug-likeness (QED) is 0.403. The summed E-state index contributed by atoms with van der Waals surface area (Å²) in [5.41, 5.74) is 1.50. The zero-order chi connectivity index (χ0) is 25.5. The van der Waals surface area contributed by atoms with Crippen molar-refractivity contribution < 1.29 is 27.5 Å². The zero-order valence-corrected chi connectivity index (χ0v) is 20.2. The fraction of sp³-hybridized carbons (Fsp3) is 0.370. The highest BCUT2D eigenvalue weighted by atomic mass is 19.1. The molecule has 1 fully saturated rings. The number of esters is 1. The Morgan fingerprint density at radius 1 is 1.11 bits per heavy atom. The molecule has 2 aromatic carbocycles. The number of likely N-dealkylation sites (tertiary alicyclic amines) is 1. The second kappa shape index (κ2) is 11.9. The molecule has 3 aromatic rings. The molecule has 1 aliphatic heterocycles. The lowest BCUT2D eigenvalue weighted by atomic mass is 9.98. The summed E-state index contributed by atoms with van der Waals surface area (Å²) in [6, 6.07) is 12.6. The van der Waals surface area contributed by atoms with Crippen molar-refractivity contribution in [2.45, 2.75) is 39.4 Å². The standard InChI is InChI=1S/C27H29F2N3O4/c1-2-35-27(34)21-7-5-13-32(16-21)26(33)24-18-36-25(30-24)17-31(14-19-9-11-22(28)12-10-19)15-20-6-3-4-8-23(20)29/h3-4,6,8-12,18,21H,2,5,7,13-17H2,1H3/t21-/m0/s1. The first-order chi connectivity index (χ1) is 17.4. The molecule has 0 aliphatic carbocycles. The van der Waals surface area contributed by atoms with E-state index in [2.05, 4.69) is 4.98 Å². The van der Waals surface area contributed by atoms with Crippen LogP contribution in [0.2, 0.25) is 0 Å². The number of hydrogen-bond acceptors (Lipinski definition) is 6. The van der Waals surface area contributed by atoms with Crippen molar-refractivity contribution in [1.29, 1.82) is 0 Å². The van der Waals surface area contributed by atoms with Crippen molar-refractivity contribution in [1.82, 2.24) is 14.8 Å². The summed E-state index contributed by atoms with van der Waals surface area (Å²) in [6.45, 7) is 3.75. The van der Waals surface area contributed by atoms with E-state index < -0.39 is 0 Å². The predicted molar refractivity (Wildman–Crippen MR) is 128 cm³/mol. The number of halogens is 2. The van der Waals surface area contributed by atoms with Crippen LogP contribution in [0.3, 0.4) is 0 Å². The molecule has 190 valence electrons. The van der Waals surface area contributed by atoms with Gasteiger partial charge in [0, 0.05) is 31.7 Å². The van der Waals surface area contributed by atoms with Gasteiger partial charge in [0.25, 0.3) is 5.91 Å². The van der Waals surface area contributed by atoms with Crippen LogP contribution in [0.1, 0.15) is 47.3 Å². The van der Waals surface area contributed by atoms with Gasteiger partial charge in [-0.2, -0.15) is 0 Å². The number of rotatable bonds is 9. The van der Waals surface area contributed by atoms with Crippen molar-refractivity contribution in [2.24, 2.45) is 5.92 Å². The van der Waals surface area contributed by atoms with Crippen LogP contribution < -0.4 is 0 Å². The molecule has 0 unspecified atom stereocenters. The Balaban J connectivity index is 1.46. The minimum absolute atomic E-state index is 0.155. The number of benzene rings is 2. The molecule has 9 heteroatoms. The van der Waals surface area contributed by atoms with Crippen LogP contribution in [-0.2, 0) is 29.2 Å². The third-order valence-corrected chi connectivity index (χ3v) is 6.13. The molecular weight excluding hydrogens is 468 g/mol. The smallest absolute Gasteiger partial charge is 0.310 e.